The van der Waals surface area contributed by atoms with Gasteiger partial charge in [0.15, 0.2) is 0 Å². The third kappa shape index (κ3) is 6.01. The third-order valence-electron chi connectivity index (χ3n) is 2.26. The maximum absolute atomic E-state index is 11.5. The molecule has 0 spiro atoms. The van der Waals surface area contributed by atoms with Crippen molar-refractivity contribution in [1.82, 2.24) is 10.6 Å². The van der Waals surface area contributed by atoms with Gasteiger partial charge in [-0.25, -0.2) is 0 Å². The zero-order valence-electron chi connectivity index (χ0n) is 10.6. The molecule has 2 N–H and O–H groups in total. The molecule has 1 rings (SSSR count). The second-order valence-corrected chi connectivity index (χ2v) is 4.61. The Labute approximate surface area is 115 Å². The third-order valence-corrected chi connectivity index (χ3v) is 3.13. The molecule has 104 valence electrons. The summed E-state index contributed by atoms with van der Waals surface area (Å²) in [6, 6.07) is 3.51. The Balaban J connectivity index is 2.10. The van der Waals surface area contributed by atoms with Crippen molar-refractivity contribution in [2.75, 3.05) is 20.2 Å². The van der Waals surface area contributed by atoms with Gasteiger partial charge in [-0.3, -0.25) is 14.4 Å². The van der Waals surface area contributed by atoms with Crippen LogP contribution in [0.3, 0.4) is 0 Å². The fourth-order valence-electron chi connectivity index (χ4n) is 1.28. The predicted octanol–water partition coefficient (Wildman–Crippen LogP) is 0.547. The Kier molecular flexibility index (Phi) is 6.59. The summed E-state index contributed by atoms with van der Waals surface area (Å²) in [4.78, 5) is 34.3. The maximum Gasteiger partial charge on any atom is 0.307 e. The standard InChI is InChI=1S/C12H16N2O4S/c1-18-11(16)5-7-13-10(15)4-6-14-12(17)9-3-2-8-19-9/h2-3,8H,4-7H2,1H3,(H,13,15)(H,14,17). The molecule has 1 aromatic rings. The summed E-state index contributed by atoms with van der Waals surface area (Å²) < 4.78 is 4.44. The molecule has 6 nitrogen and oxygen atoms in total. The smallest absolute Gasteiger partial charge is 0.307 e. The van der Waals surface area contributed by atoms with Gasteiger partial charge in [-0.05, 0) is 11.4 Å². The van der Waals surface area contributed by atoms with Crippen molar-refractivity contribution in [2.24, 2.45) is 0 Å². The molecule has 0 aliphatic heterocycles. The fraction of sp³-hybridized carbons (Fsp3) is 0.417. The molecule has 0 unspecified atom stereocenters. The van der Waals surface area contributed by atoms with Crippen LogP contribution in [0.15, 0.2) is 17.5 Å². The average Bonchev–Trinajstić information content (AvgIpc) is 2.92. The van der Waals surface area contributed by atoms with Crippen molar-refractivity contribution in [3.8, 4) is 0 Å². The van der Waals surface area contributed by atoms with Crippen LogP contribution >= 0.6 is 11.3 Å². The van der Waals surface area contributed by atoms with Gasteiger partial charge in [0, 0.05) is 19.5 Å². The van der Waals surface area contributed by atoms with Gasteiger partial charge in [0.1, 0.15) is 0 Å². The first-order valence-electron chi connectivity index (χ1n) is 5.78. The number of hydrogen-bond acceptors (Lipinski definition) is 5. The lowest BCUT2D eigenvalue weighted by molar-refractivity contribution is -0.140. The minimum Gasteiger partial charge on any atom is -0.469 e. The Bertz CT molecular complexity index is 431. The SMILES string of the molecule is COC(=O)CCNC(=O)CCNC(=O)c1cccs1. The van der Waals surface area contributed by atoms with Gasteiger partial charge < -0.3 is 15.4 Å². The minimum atomic E-state index is -0.369. The molecule has 0 saturated carbocycles. The van der Waals surface area contributed by atoms with Gasteiger partial charge >= 0.3 is 5.97 Å². The van der Waals surface area contributed by atoms with E-state index in [-0.39, 0.29) is 43.7 Å². The number of methoxy groups -OCH3 is 1. The second kappa shape index (κ2) is 8.25. The minimum absolute atomic E-state index is 0.143. The summed E-state index contributed by atoms with van der Waals surface area (Å²) in [5.41, 5.74) is 0. The van der Waals surface area contributed by atoms with Crippen LogP contribution in [-0.4, -0.2) is 38.0 Å². The number of thiophene rings is 1. The zero-order valence-corrected chi connectivity index (χ0v) is 11.4. The number of nitrogens with one attached hydrogen (secondary N) is 2. The molecule has 0 fully saturated rings. The van der Waals surface area contributed by atoms with Crippen LogP contribution in [0.1, 0.15) is 22.5 Å². The molecule has 1 aromatic heterocycles. The van der Waals surface area contributed by atoms with Crippen molar-refractivity contribution < 1.29 is 19.1 Å². The molecule has 0 radical (unpaired) electrons. The highest BCUT2D eigenvalue weighted by atomic mass is 32.1. The molecular formula is C12H16N2O4S. The van der Waals surface area contributed by atoms with Crippen molar-refractivity contribution in [3.63, 3.8) is 0 Å². The van der Waals surface area contributed by atoms with E-state index in [1.807, 2.05) is 5.38 Å². The van der Waals surface area contributed by atoms with E-state index in [0.29, 0.717) is 4.88 Å². The molecule has 2 amide bonds. The van der Waals surface area contributed by atoms with E-state index in [4.69, 9.17) is 0 Å². The first kappa shape index (κ1) is 15.2. The normalized spacial score (nSPS) is 9.74. The maximum atomic E-state index is 11.5. The van der Waals surface area contributed by atoms with Crippen LogP contribution in [0.5, 0.6) is 0 Å². The molecule has 0 saturated heterocycles. The summed E-state index contributed by atoms with van der Waals surface area (Å²) in [6.07, 6.45) is 0.322. The zero-order chi connectivity index (χ0) is 14.1. The summed E-state index contributed by atoms with van der Waals surface area (Å²) in [6.45, 7) is 0.505. The van der Waals surface area contributed by atoms with Crippen LogP contribution < -0.4 is 10.6 Å². The van der Waals surface area contributed by atoms with Gasteiger partial charge in [0.2, 0.25) is 5.91 Å². The second-order valence-electron chi connectivity index (χ2n) is 3.66. The molecule has 1 heterocycles. The van der Waals surface area contributed by atoms with Gasteiger partial charge in [0.25, 0.3) is 5.91 Å². The van der Waals surface area contributed by atoms with Gasteiger partial charge in [-0.2, -0.15) is 0 Å². The molecule has 0 aromatic carbocycles. The molecule has 0 aliphatic carbocycles. The van der Waals surface area contributed by atoms with E-state index >= 15 is 0 Å². The first-order chi connectivity index (χ1) is 9.13. The lowest BCUT2D eigenvalue weighted by Gasteiger charge is -2.05. The first-order valence-corrected chi connectivity index (χ1v) is 6.66. The van der Waals surface area contributed by atoms with E-state index in [0.717, 1.165) is 0 Å². The van der Waals surface area contributed by atoms with Crippen molar-refractivity contribution >= 4 is 29.1 Å². The molecule has 0 aliphatic rings. The van der Waals surface area contributed by atoms with Crippen molar-refractivity contribution in [2.45, 2.75) is 12.8 Å². The molecule has 7 heteroatoms. The Hall–Kier alpha value is -1.89. The number of amides is 2. The van der Waals surface area contributed by atoms with E-state index in [9.17, 15) is 14.4 Å². The van der Waals surface area contributed by atoms with E-state index in [1.165, 1.54) is 18.4 Å². The number of rotatable bonds is 7. The van der Waals surface area contributed by atoms with Crippen LogP contribution in [-0.2, 0) is 14.3 Å². The van der Waals surface area contributed by atoms with Crippen LogP contribution in [0, 0.1) is 0 Å². The summed E-state index contributed by atoms with van der Waals surface area (Å²) in [5, 5.41) is 7.03. The number of hydrogen-bond donors (Lipinski definition) is 2. The highest BCUT2D eigenvalue weighted by molar-refractivity contribution is 7.12. The number of ether oxygens (including phenoxy) is 1. The van der Waals surface area contributed by atoms with Gasteiger partial charge in [-0.1, -0.05) is 6.07 Å². The highest BCUT2D eigenvalue weighted by Gasteiger charge is 2.07. The van der Waals surface area contributed by atoms with Crippen molar-refractivity contribution in [3.05, 3.63) is 22.4 Å². The predicted molar refractivity (Wildman–Crippen MR) is 70.9 cm³/mol. The van der Waals surface area contributed by atoms with Gasteiger partial charge in [-0.15, -0.1) is 11.3 Å². The van der Waals surface area contributed by atoms with Crippen molar-refractivity contribution in [1.29, 1.82) is 0 Å². The van der Waals surface area contributed by atoms with E-state index < -0.39 is 0 Å². The lowest BCUT2D eigenvalue weighted by atomic mass is 10.3. The largest absolute Gasteiger partial charge is 0.469 e. The monoisotopic (exact) mass is 284 g/mol. The van der Waals surface area contributed by atoms with Gasteiger partial charge in [0.05, 0.1) is 18.4 Å². The Morgan fingerprint density at radius 1 is 1.21 bits per heavy atom. The number of carbonyl (C=O) groups is 3. The Morgan fingerprint density at radius 2 is 1.95 bits per heavy atom. The molecule has 19 heavy (non-hydrogen) atoms. The number of esters is 1. The van der Waals surface area contributed by atoms with Crippen LogP contribution in [0.4, 0.5) is 0 Å². The number of carbonyl (C=O) groups excluding carboxylic acids is 3. The quantitative estimate of drug-likeness (QED) is 0.716. The molecule has 0 bridgehead atoms. The lowest BCUT2D eigenvalue weighted by Crippen LogP contribution is -2.31. The fourth-order valence-corrected chi connectivity index (χ4v) is 1.92. The Morgan fingerprint density at radius 3 is 2.58 bits per heavy atom. The summed E-state index contributed by atoms with van der Waals surface area (Å²) in [5.74, 6) is -0.765. The molecule has 0 atom stereocenters. The summed E-state index contributed by atoms with van der Waals surface area (Å²) in [7, 11) is 1.30. The molecular weight excluding hydrogens is 268 g/mol. The highest BCUT2D eigenvalue weighted by Crippen LogP contribution is 2.07. The van der Waals surface area contributed by atoms with Crippen LogP contribution in [0.25, 0.3) is 0 Å². The van der Waals surface area contributed by atoms with Crippen LogP contribution in [0.2, 0.25) is 0 Å². The van der Waals surface area contributed by atoms with E-state index in [2.05, 4.69) is 15.4 Å². The van der Waals surface area contributed by atoms with E-state index in [1.54, 1.807) is 12.1 Å². The summed E-state index contributed by atoms with van der Waals surface area (Å²) >= 11 is 1.35. The average molecular weight is 284 g/mol. The topological polar surface area (TPSA) is 84.5 Å².